The monoisotopic (exact) mass is 229 g/mol. The fourth-order valence-corrected chi connectivity index (χ4v) is 1.95. The van der Waals surface area contributed by atoms with Gasteiger partial charge in [-0.3, -0.25) is 0 Å². The zero-order valence-corrected chi connectivity index (χ0v) is 10.7. The first-order valence-corrected chi connectivity index (χ1v) is 5.96. The molecular weight excluding hydrogens is 210 g/mol. The molecule has 0 atom stereocenters. The summed E-state index contributed by atoms with van der Waals surface area (Å²) in [6, 6.07) is 6.43. The number of likely N-dealkylation sites (N-methyl/N-ethyl adjacent to an activating group) is 1. The van der Waals surface area contributed by atoms with Crippen LogP contribution in [0.5, 0.6) is 0 Å². The maximum atomic E-state index is 4.42. The second kappa shape index (κ2) is 5.15. The smallest absolute Gasteiger partial charge is 0.0674 e. The number of hydrogen-bond acceptors (Lipinski definition) is 2. The summed E-state index contributed by atoms with van der Waals surface area (Å²) in [5.41, 5.74) is 4.97. The second-order valence-electron chi connectivity index (χ2n) is 4.44. The molecule has 3 heteroatoms. The van der Waals surface area contributed by atoms with Crippen LogP contribution in [0.1, 0.15) is 16.7 Å². The molecule has 0 unspecified atom stereocenters. The van der Waals surface area contributed by atoms with Crippen LogP contribution in [0.25, 0.3) is 5.69 Å². The molecule has 1 aromatic carbocycles. The van der Waals surface area contributed by atoms with Crippen molar-refractivity contribution in [1.29, 1.82) is 0 Å². The van der Waals surface area contributed by atoms with Crippen molar-refractivity contribution >= 4 is 0 Å². The van der Waals surface area contributed by atoms with E-state index in [1.165, 1.54) is 16.7 Å². The average molecular weight is 229 g/mol. The number of aromatic nitrogens is 2. The van der Waals surface area contributed by atoms with Crippen molar-refractivity contribution in [1.82, 2.24) is 15.1 Å². The van der Waals surface area contributed by atoms with Crippen LogP contribution in [0.15, 0.2) is 30.6 Å². The van der Waals surface area contributed by atoms with Crippen molar-refractivity contribution < 1.29 is 0 Å². The molecule has 0 radical (unpaired) electrons. The number of benzene rings is 1. The average Bonchev–Trinajstić information content (AvgIpc) is 2.75. The van der Waals surface area contributed by atoms with E-state index in [1.807, 2.05) is 17.9 Å². The first-order chi connectivity index (χ1) is 8.20. The Morgan fingerprint density at radius 3 is 2.82 bits per heavy atom. The third-order valence-electron chi connectivity index (χ3n) is 2.90. The van der Waals surface area contributed by atoms with E-state index in [0.29, 0.717) is 0 Å². The summed E-state index contributed by atoms with van der Waals surface area (Å²) < 4.78 is 1.96. The van der Waals surface area contributed by atoms with Crippen LogP contribution in [0.3, 0.4) is 0 Å². The van der Waals surface area contributed by atoms with Crippen LogP contribution in [0.4, 0.5) is 0 Å². The minimum atomic E-state index is 0.985. The molecule has 0 amide bonds. The van der Waals surface area contributed by atoms with E-state index >= 15 is 0 Å². The molecule has 1 N–H and O–H groups in total. The molecule has 1 aromatic heterocycles. The van der Waals surface area contributed by atoms with Gasteiger partial charge < -0.3 is 5.32 Å². The first-order valence-electron chi connectivity index (χ1n) is 5.96. The van der Waals surface area contributed by atoms with Gasteiger partial charge in [0.2, 0.25) is 0 Å². The van der Waals surface area contributed by atoms with E-state index in [9.17, 15) is 0 Å². The summed E-state index contributed by atoms with van der Waals surface area (Å²) in [7, 11) is 1.97. The van der Waals surface area contributed by atoms with Crippen molar-refractivity contribution in [2.75, 3.05) is 13.6 Å². The summed E-state index contributed by atoms with van der Waals surface area (Å²) in [5, 5.41) is 7.57. The quantitative estimate of drug-likeness (QED) is 0.871. The molecule has 17 heavy (non-hydrogen) atoms. The molecule has 0 saturated carbocycles. The molecule has 0 aliphatic heterocycles. The van der Waals surface area contributed by atoms with E-state index in [0.717, 1.165) is 18.7 Å². The molecule has 0 fully saturated rings. The van der Waals surface area contributed by atoms with Gasteiger partial charge in [0.15, 0.2) is 0 Å². The van der Waals surface area contributed by atoms with E-state index in [1.54, 1.807) is 0 Å². The van der Waals surface area contributed by atoms with Gasteiger partial charge in [-0.1, -0.05) is 17.7 Å². The Kier molecular flexibility index (Phi) is 3.59. The Morgan fingerprint density at radius 2 is 2.12 bits per heavy atom. The van der Waals surface area contributed by atoms with Gasteiger partial charge in [-0.25, -0.2) is 4.68 Å². The minimum Gasteiger partial charge on any atom is -0.319 e. The summed E-state index contributed by atoms with van der Waals surface area (Å²) in [4.78, 5) is 0. The molecule has 0 saturated heterocycles. The maximum absolute atomic E-state index is 4.42. The fraction of sp³-hybridized carbons (Fsp3) is 0.357. The highest BCUT2D eigenvalue weighted by Gasteiger charge is 2.03. The normalized spacial score (nSPS) is 10.8. The second-order valence-corrected chi connectivity index (χ2v) is 4.44. The van der Waals surface area contributed by atoms with Gasteiger partial charge in [0.05, 0.1) is 11.9 Å². The Morgan fingerprint density at radius 1 is 1.29 bits per heavy atom. The van der Waals surface area contributed by atoms with Gasteiger partial charge in [0.1, 0.15) is 0 Å². The van der Waals surface area contributed by atoms with Crippen molar-refractivity contribution in [3.05, 3.63) is 47.3 Å². The molecule has 2 aromatic rings. The molecule has 2 rings (SSSR count). The van der Waals surface area contributed by atoms with Crippen molar-refractivity contribution in [3.63, 3.8) is 0 Å². The standard InChI is InChI=1S/C14H19N3/c1-11-4-5-14(12(2)8-11)17-10-13(9-16-17)6-7-15-3/h4-5,8-10,15H,6-7H2,1-3H3. The predicted octanol–water partition coefficient (Wildman–Crippen LogP) is 2.25. The van der Waals surface area contributed by atoms with Crippen LogP contribution in [0.2, 0.25) is 0 Å². The van der Waals surface area contributed by atoms with E-state index < -0.39 is 0 Å². The Hall–Kier alpha value is -1.61. The summed E-state index contributed by atoms with van der Waals surface area (Å²) in [6.45, 7) is 5.22. The number of aryl methyl sites for hydroxylation is 2. The van der Waals surface area contributed by atoms with Crippen LogP contribution >= 0.6 is 0 Å². The lowest BCUT2D eigenvalue weighted by molar-refractivity contribution is 0.791. The largest absolute Gasteiger partial charge is 0.319 e. The predicted molar refractivity (Wildman–Crippen MR) is 70.7 cm³/mol. The molecule has 3 nitrogen and oxygen atoms in total. The van der Waals surface area contributed by atoms with Gasteiger partial charge in [-0.15, -0.1) is 0 Å². The third kappa shape index (κ3) is 2.74. The van der Waals surface area contributed by atoms with Crippen LogP contribution in [-0.2, 0) is 6.42 Å². The Labute approximate surface area is 102 Å². The summed E-state index contributed by atoms with van der Waals surface area (Å²) >= 11 is 0. The van der Waals surface area contributed by atoms with Gasteiger partial charge in [0, 0.05) is 6.20 Å². The number of hydrogen-bond donors (Lipinski definition) is 1. The zero-order valence-electron chi connectivity index (χ0n) is 10.7. The number of nitrogens with zero attached hydrogens (tertiary/aromatic N) is 2. The lowest BCUT2D eigenvalue weighted by Crippen LogP contribution is -2.09. The van der Waals surface area contributed by atoms with E-state index in [2.05, 4.69) is 48.7 Å². The molecule has 0 aliphatic carbocycles. The lowest BCUT2D eigenvalue weighted by atomic mass is 10.1. The topological polar surface area (TPSA) is 29.9 Å². The highest BCUT2D eigenvalue weighted by molar-refractivity contribution is 5.42. The van der Waals surface area contributed by atoms with Crippen molar-refractivity contribution in [3.8, 4) is 5.69 Å². The van der Waals surface area contributed by atoms with Gasteiger partial charge in [-0.05, 0) is 51.1 Å². The third-order valence-corrected chi connectivity index (χ3v) is 2.90. The number of rotatable bonds is 4. The SMILES string of the molecule is CNCCc1cnn(-c2ccc(C)cc2C)c1. The first kappa shape index (κ1) is 11.9. The maximum Gasteiger partial charge on any atom is 0.0674 e. The van der Waals surface area contributed by atoms with Gasteiger partial charge in [0.25, 0.3) is 0 Å². The summed E-state index contributed by atoms with van der Waals surface area (Å²) in [5.74, 6) is 0. The van der Waals surface area contributed by atoms with Gasteiger partial charge >= 0.3 is 0 Å². The highest BCUT2D eigenvalue weighted by Crippen LogP contribution is 2.15. The van der Waals surface area contributed by atoms with Crippen LogP contribution in [0, 0.1) is 13.8 Å². The van der Waals surface area contributed by atoms with Gasteiger partial charge in [-0.2, -0.15) is 5.10 Å². The van der Waals surface area contributed by atoms with E-state index in [4.69, 9.17) is 0 Å². The minimum absolute atomic E-state index is 0.985. The highest BCUT2D eigenvalue weighted by atomic mass is 15.3. The Balaban J connectivity index is 2.24. The number of nitrogens with one attached hydrogen (secondary N) is 1. The van der Waals surface area contributed by atoms with Crippen LogP contribution in [-0.4, -0.2) is 23.4 Å². The molecular formula is C14H19N3. The van der Waals surface area contributed by atoms with Crippen molar-refractivity contribution in [2.45, 2.75) is 20.3 Å². The Bertz CT molecular complexity index is 500. The van der Waals surface area contributed by atoms with E-state index in [-0.39, 0.29) is 0 Å². The fourth-order valence-electron chi connectivity index (χ4n) is 1.95. The van der Waals surface area contributed by atoms with Crippen molar-refractivity contribution in [2.24, 2.45) is 0 Å². The molecule has 0 aliphatic rings. The molecule has 90 valence electrons. The molecule has 0 bridgehead atoms. The zero-order chi connectivity index (χ0) is 12.3. The van der Waals surface area contributed by atoms with Crippen LogP contribution < -0.4 is 5.32 Å². The summed E-state index contributed by atoms with van der Waals surface area (Å²) in [6.07, 6.45) is 5.06. The molecule has 1 heterocycles. The molecule has 0 spiro atoms. The lowest BCUT2D eigenvalue weighted by Gasteiger charge is -2.06.